The molecule has 0 aliphatic carbocycles. The highest BCUT2D eigenvalue weighted by atomic mass is 19.4. The Hall–Kier alpha value is -1.72. The zero-order valence-corrected chi connectivity index (χ0v) is 9.08. The van der Waals surface area contributed by atoms with E-state index in [1.165, 1.54) is 24.3 Å². The van der Waals surface area contributed by atoms with Crippen molar-refractivity contribution < 1.29 is 27.4 Å². The van der Waals surface area contributed by atoms with E-state index in [1.807, 2.05) is 0 Å². The van der Waals surface area contributed by atoms with Crippen LogP contribution in [0.4, 0.5) is 13.2 Å². The number of alkyl halides is 3. The van der Waals surface area contributed by atoms with Gasteiger partial charge in [0.15, 0.2) is 6.61 Å². The minimum absolute atomic E-state index is 0.0205. The fraction of sp³-hybridized carbons (Fsp3) is 0.364. The van der Waals surface area contributed by atoms with E-state index in [9.17, 15) is 18.0 Å². The third-order valence-corrected chi connectivity index (χ3v) is 1.75. The van der Waals surface area contributed by atoms with Crippen molar-refractivity contribution >= 4 is 5.97 Å². The highest BCUT2D eigenvalue weighted by molar-refractivity contribution is 5.89. The second kappa shape index (κ2) is 5.56. The molecule has 0 bridgehead atoms. The molecule has 0 aliphatic rings. The van der Waals surface area contributed by atoms with Crippen LogP contribution in [-0.2, 0) is 4.74 Å². The Morgan fingerprint density at radius 3 is 2.65 bits per heavy atom. The lowest BCUT2D eigenvalue weighted by atomic mass is 10.2. The van der Waals surface area contributed by atoms with Crippen molar-refractivity contribution in [3.63, 3.8) is 0 Å². The van der Waals surface area contributed by atoms with Gasteiger partial charge in [0.05, 0.1) is 12.2 Å². The molecule has 6 heteroatoms. The van der Waals surface area contributed by atoms with Crippen LogP contribution in [0.2, 0.25) is 0 Å². The summed E-state index contributed by atoms with van der Waals surface area (Å²) in [6.07, 6.45) is -4.40. The largest absolute Gasteiger partial charge is 0.484 e. The van der Waals surface area contributed by atoms with E-state index in [0.717, 1.165) is 0 Å². The molecule has 0 atom stereocenters. The van der Waals surface area contributed by atoms with Gasteiger partial charge in [0.2, 0.25) is 0 Å². The van der Waals surface area contributed by atoms with E-state index in [4.69, 9.17) is 4.74 Å². The Labute approximate surface area is 96.1 Å². The van der Waals surface area contributed by atoms with Gasteiger partial charge in [-0.05, 0) is 25.1 Å². The molecular weight excluding hydrogens is 237 g/mol. The molecule has 0 spiro atoms. The van der Waals surface area contributed by atoms with E-state index >= 15 is 0 Å². The normalized spacial score (nSPS) is 11.1. The molecule has 0 radical (unpaired) electrons. The summed E-state index contributed by atoms with van der Waals surface area (Å²) >= 11 is 0. The second-order valence-electron chi connectivity index (χ2n) is 3.15. The minimum Gasteiger partial charge on any atom is -0.484 e. The van der Waals surface area contributed by atoms with Crippen molar-refractivity contribution in [1.82, 2.24) is 0 Å². The molecule has 0 aliphatic heterocycles. The second-order valence-corrected chi connectivity index (χ2v) is 3.15. The van der Waals surface area contributed by atoms with Crippen LogP contribution >= 0.6 is 0 Å². The molecule has 94 valence electrons. The SMILES string of the molecule is CCOC(=O)c1cccc(OCC(F)(F)F)c1. The standard InChI is InChI=1S/C11H11F3O3/c1-2-16-10(15)8-4-3-5-9(6-8)17-7-11(12,13)14/h3-6H,2,7H2,1H3. The fourth-order valence-electron chi connectivity index (χ4n) is 1.09. The van der Waals surface area contributed by atoms with Crippen molar-refractivity contribution in [3.8, 4) is 5.75 Å². The van der Waals surface area contributed by atoms with E-state index in [2.05, 4.69) is 4.74 Å². The van der Waals surface area contributed by atoms with Crippen molar-refractivity contribution in [2.45, 2.75) is 13.1 Å². The van der Waals surface area contributed by atoms with Crippen LogP contribution in [0.1, 0.15) is 17.3 Å². The molecule has 1 aromatic carbocycles. The van der Waals surface area contributed by atoms with Crippen LogP contribution in [0, 0.1) is 0 Å². The lowest BCUT2D eigenvalue weighted by Crippen LogP contribution is -2.19. The Balaban J connectivity index is 2.69. The average molecular weight is 248 g/mol. The monoisotopic (exact) mass is 248 g/mol. The van der Waals surface area contributed by atoms with Gasteiger partial charge in [-0.3, -0.25) is 0 Å². The molecule has 0 fully saturated rings. The number of halogens is 3. The van der Waals surface area contributed by atoms with E-state index in [1.54, 1.807) is 6.92 Å². The van der Waals surface area contributed by atoms with Gasteiger partial charge in [-0.15, -0.1) is 0 Å². The molecule has 1 aromatic rings. The molecule has 0 amide bonds. The summed E-state index contributed by atoms with van der Waals surface area (Å²) in [6.45, 7) is 0.452. The fourth-order valence-corrected chi connectivity index (χ4v) is 1.09. The summed E-state index contributed by atoms with van der Waals surface area (Å²) in [5.74, 6) is -0.613. The van der Waals surface area contributed by atoms with Gasteiger partial charge in [0.1, 0.15) is 5.75 Å². The predicted octanol–water partition coefficient (Wildman–Crippen LogP) is 2.80. The topological polar surface area (TPSA) is 35.5 Å². The molecule has 17 heavy (non-hydrogen) atoms. The first-order valence-electron chi connectivity index (χ1n) is 4.89. The zero-order valence-electron chi connectivity index (χ0n) is 9.08. The minimum atomic E-state index is -4.40. The maximum Gasteiger partial charge on any atom is 0.422 e. The molecule has 1 rings (SSSR count). The average Bonchev–Trinajstić information content (AvgIpc) is 2.26. The molecule has 3 nitrogen and oxygen atoms in total. The summed E-state index contributed by atoms with van der Waals surface area (Å²) in [6, 6.07) is 5.43. The van der Waals surface area contributed by atoms with E-state index < -0.39 is 18.8 Å². The molecule has 0 heterocycles. The predicted molar refractivity (Wildman–Crippen MR) is 53.9 cm³/mol. The molecule has 0 aromatic heterocycles. The van der Waals surface area contributed by atoms with Crippen LogP contribution in [-0.4, -0.2) is 25.4 Å². The van der Waals surface area contributed by atoms with Gasteiger partial charge in [0, 0.05) is 0 Å². The number of rotatable bonds is 4. The summed E-state index contributed by atoms with van der Waals surface area (Å²) in [4.78, 5) is 11.3. The van der Waals surface area contributed by atoms with Gasteiger partial charge in [0.25, 0.3) is 0 Å². The third-order valence-electron chi connectivity index (χ3n) is 1.75. The number of benzene rings is 1. The first kappa shape index (κ1) is 13.3. The number of hydrogen-bond acceptors (Lipinski definition) is 3. The highest BCUT2D eigenvalue weighted by Crippen LogP contribution is 2.19. The third kappa shape index (κ3) is 4.76. The lowest BCUT2D eigenvalue weighted by molar-refractivity contribution is -0.153. The van der Waals surface area contributed by atoms with E-state index in [0.29, 0.717) is 0 Å². The van der Waals surface area contributed by atoms with Crippen LogP contribution in [0.25, 0.3) is 0 Å². The molecule has 0 saturated heterocycles. The number of ether oxygens (including phenoxy) is 2. The first-order chi connectivity index (χ1) is 7.92. The van der Waals surface area contributed by atoms with Gasteiger partial charge in [-0.2, -0.15) is 13.2 Å². The Kier molecular flexibility index (Phi) is 4.37. The van der Waals surface area contributed by atoms with Crippen LogP contribution in [0.15, 0.2) is 24.3 Å². The molecule has 0 N–H and O–H groups in total. The summed E-state index contributed by atoms with van der Waals surface area (Å²) in [7, 11) is 0. The summed E-state index contributed by atoms with van der Waals surface area (Å²) in [5, 5.41) is 0. The van der Waals surface area contributed by atoms with E-state index in [-0.39, 0.29) is 17.9 Å². The molecular formula is C11H11F3O3. The molecule has 0 unspecified atom stereocenters. The lowest BCUT2D eigenvalue weighted by Gasteiger charge is -2.09. The maximum absolute atomic E-state index is 11.9. The van der Waals surface area contributed by atoms with Gasteiger partial charge < -0.3 is 9.47 Å². The number of hydrogen-bond donors (Lipinski definition) is 0. The Morgan fingerprint density at radius 1 is 1.35 bits per heavy atom. The molecule has 0 saturated carbocycles. The van der Waals surface area contributed by atoms with Crippen molar-refractivity contribution in [2.24, 2.45) is 0 Å². The van der Waals surface area contributed by atoms with Crippen molar-refractivity contribution in [1.29, 1.82) is 0 Å². The van der Waals surface area contributed by atoms with Crippen LogP contribution < -0.4 is 4.74 Å². The van der Waals surface area contributed by atoms with Crippen molar-refractivity contribution in [3.05, 3.63) is 29.8 Å². The zero-order chi connectivity index (χ0) is 12.9. The smallest absolute Gasteiger partial charge is 0.422 e. The van der Waals surface area contributed by atoms with Crippen LogP contribution in [0.3, 0.4) is 0 Å². The highest BCUT2D eigenvalue weighted by Gasteiger charge is 2.28. The Morgan fingerprint density at radius 2 is 2.06 bits per heavy atom. The van der Waals surface area contributed by atoms with Gasteiger partial charge >= 0.3 is 12.1 Å². The van der Waals surface area contributed by atoms with Gasteiger partial charge in [-0.1, -0.05) is 6.07 Å². The number of carbonyl (C=O) groups is 1. The Bertz CT molecular complexity index is 388. The van der Waals surface area contributed by atoms with Gasteiger partial charge in [-0.25, -0.2) is 4.79 Å². The number of esters is 1. The maximum atomic E-state index is 11.9. The van der Waals surface area contributed by atoms with Crippen LogP contribution in [0.5, 0.6) is 5.75 Å². The van der Waals surface area contributed by atoms with Crippen molar-refractivity contribution in [2.75, 3.05) is 13.2 Å². The number of carbonyl (C=O) groups excluding carboxylic acids is 1. The summed E-state index contributed by atoms with van der Waals surface area (Å²) in [5.41, 5.74) is 0.159. The summed E-state index contributed by atoms with van der Waals surface area (Å²) < 4.78 is 44.9. The quantitative estimate of drug-likeness (QED) is 0.768. The first-order valence-corrected chi connectivity index (χ1v) is 4.89.